The summed E-state index contributed by atoms with van der Waals surface area (Å²) >= 11 is 0. The zero-order chi connectivity index (χ0) is 55.9. The third kappa shape index (κ3) is 17.8. The zero-order valence-corrected chi connectivity index (χ0v) is 46.4. The number of nitrogens with zero attached hydrogens (tertiary/aromatic N) is 8. The number of ether oxygens (including phenoxy) is 2. The molecule has 18 nitrogen and oxygen atoms in total. The number of aromatic nitrogens is 2. The van der Waals surface area contributed by atoms with Crippen molar-refractivity contribution < 1.29 is 29.3 Å². The molecule has 0 aliphatic heterocycles. The van der Waals surface area contributed by atoms with Gasteiger partial charge in [0.2, 0.25) is 11.6 Å². The molecule has 4 aromatic rings. The van der Waals surface area contributed by atoms with Crippen LogP contribution in [0.2, 0.25) is 0 Å². The van der Waals surface area contributed by atoms with Crippen molar-refractivity contribution in [3.05, 3.63) is 107 Å². The fourth-order valence-corrected chi connectivity index (χ4v) is 8.90. The third-order valence-electron chi connectivity index (χ3n) is 13.8. The second kappa shape index (κ2) is 31.1. The van der Waals surface area contributed by atoms with E-state index < -0.39 is 11.1 Å². The van der Waals surface area contributed by atoms with Gasteiger partial charge in [-0.3, -0.25) is 28.3 Å². The average Bonchev–Trinajstić information content (AvgIpc) is 3.38. The molecule has 0 bridgehead atoms. The number of benzene rings is 2. The molecule has 0 saturated heterocycles. The summed E-state index contributed by atoms with van der Waals surface area (Å²) in [5.74, 6) is -1.01. The summed E-state index contributed by atoms with van der Waals surface area (Å²) in [5, 5.41) is 55.4. The number of unbranched alkanes of at least 4 members (excludes halogenated alkanes) is 3. The van der Waals surface area contributed by atoms with E-state index in [0.29, 0.717) is 63.5 Å². The Hall–Kier alpha value is -7.02. The highest BCUT2D eigenvalue weighted by molar-refractivity contribution is 5.71. The maximum absolute atomic E-state index is 13.5. The molecule has 0 aliphatic carbocycles. The van der Waals surface area contributed by atoms with Crippen LogP contribution < -0.4 is 21.8 Å². The van der Waals surface area contributed by atoms with E-state index in [1.807, 2.05) is 58.0 Å². The van der Waals surface area contributed by atoms with E-state index >= 15 is 0 Å². The van der Waals surface area contributed by atoms with E-state index in [-0.39, 0.29) is 94.3 Å². The normalized spacial score (nSPS) is 13.1. The number of aryl methyl sites for hydroxylation is 2. The highest BCUT2D eigenvalue weighted by atomic mass is 16.5. The van der Waals surface area contributed by atoms with Gasteiger partial charge in [-0.25, -0.2) is 4.85 Å². The highest BCUT2D eigenvalue weighted by Crippen LogP contribution is 2.36. The number of rotatable bonds is 31. The average molecular weight is 1050 g/mol. The summed E-state index contributed by atoms with van der Waals surface area (Å²) in [6, 6.07) is 13.1. The fourth-order valence-electron chi connectivity index (χ4n) is 8.90. The van der Waals surface area contributed by atoms with Gasteiger partial charge in [-0.2, -0.15) is 15.5 Å². The largest absolute Gasteiger partial charge is 0.503 e. The van der Waals surface area contributed by atoms with E-state index in [0.717, 1.165) is 73.6 Å². The van der Waals surface area contributed by atoms with Crippen LogP contribution in [0.1, 0.15) is 158 Å². The Kier molecular flexibility index (Phi) is 25.2. The maximum atomic E-state index is 13.5. The molecule has 0 saturated carbocycles. The van der Waals surface area contributed by atoms with E-state index in [2.05, 4.69) is 63.6 Å². The van der Waals surface area contributed by atoms with Gasteiger partial charge in [-0.15, -0.1) is 10.2 Å². The number of hydrogen-bond donors (Lipinski definition) is 4. The molecule has 0 spiro atoms. The van der Waals surface area contributed by atoms with Crippen molar-refractivity contribution in [2.75, 3.05) is 13.1 Å². The number of aromatic hydroxyl groups is 2. The first-order valence-corrected chi connectivity index (χ1v) is 26.9. The van der Waals surface area contributed by atoms with Crippen LogP contribution in [0.4, 0.5) is 28.4 Å². The summed E-state index contributed by atoms with van der Waals surface area (Å²) in [5.41, 5.74) is 4.59. The number of esters is 2. The predicted octanol–water partition coefficient (Wildman–Crippen LogP) is 12.6. The zero-order valence-electron chi connectivity index (χ0n) is 46.4. The Bertz CT molecular complexity index is 2680. The molecule has 2 aromatic heterocycles. The Balaban J connectivity index is 1.16. The van der Waals surface area contributed by atoms with Gasteiger partial charge in [0.1, 0.15) is 29.5 Å². The van der Waals surface area contributed by atoms with Gasteiger partial charge in [-0.1, -0.05) is 78.4 Å². The Morgan fingerprint density at radius 1 is 0.684 bits per heavy atom. The molecule has 76 heavy (non-hydrogen) atoms. The van der Waals surface area contributed by atoms with Crippen LogP contribution in [0.5, 0.6) is 11.8 Å². The van der Waals surface area contributed by atoms with Crippen LogP contribution in [-0.2, 0) is 45.2 Å². The van der Waals surface area contributed by atoms with Crippen LogP contribution in [0.3, 0.4) is 0 Å². The number of nitriles is 1. The van der Waals surface area contributed by atoms with Gasteiger partial charge in [0.25, 0.3) is 11.1 Å². The van der Waals surface area contributed by atoms with Crippen molar-refractivity contribution in [3.63, 3.8) is 0 Å². The summed E-state index contributed by atoms with van der Waals surface area (Å²) in [7, 11) is 0. The quantitative estimate of drug-likeness (QED) is 0.0160. The molecular weight excluding hydrogens is 965 g/mol. The van der Waals surface area contributed by atoms with Crippen molar-refractivity contribution in [2.24, 2.45) is 32.3 Å². The SMILES string of the molecule is [C-]#[N+]c1c(C)c(N=Nc2ccc(CNCC(C)OC(=O)CCCCC(=O)OC(C)CNCc3ccc(N=Nc4c(C)c(C#N)c(O)n(CC(CC)CCCC)c4=O)cc3C)c(C)c2)c(=O)n(CC(CC)CCCC)c1O. The first-order valence-electron chi connectivity index (χ1n) is 26.9. The number of carbonyl (C=O) groups is 2. The summed E-state index contributed by atoms with van der Waals surface area (Å²) < 4.78 is 13.7. The van der Waals surface area contributed by atoms with Crippen molar-refractivity contribution >= 4 is 40.4 Å². The van der Waals surface area contributed by atoms with Gasteiger partial charge >= 0.3 is 11.9 Å². The number of hydrogen-bond acceptors (Lipinski definition) is 15. The lowest BCUT2D eigenvalue weighted by Crippen LogP contribution is -2.29. The second-order valence-corrected chi connectivity index (χ2v) is 19.9. The standard InChI is InChI=1S/C58H80N10O8/c1-12-16-20-43(14-3)35-67-55(71)49(30-59)41(9)53(57(67)73)65-63-47-26-24-45(37(5)28-47)33-61-31-39(7)75-50(69)22-18-19-23-51(70)76-40(8)32-62-34-46-25-27-48(29-38(46)6)64-66-54-42(10)52(60-11)56(72)68(58(54)74)36-44(15-4)21-17-13-2/h24-29,39-40,43-44,61-62,71-72H,12-23,31-36H2,1-10H3. The number of azo groups is 2. The van der Waals surface area contributed by atoms with Crippen LogP contribution >= 0.6 is 0 Å². The van der Waals surface area contributed by atoms with Crippen molar-refractivity contribution in [1.82, 2.24) is 19.8 Å². The molecule has 2 heterocycles. The lowest BCUT2D eigenvalue weighted by atomic mass is 9.99. The maximum Gasteiger partial charge on any atom is 0.306 e. The van der Waals surface area contributed by atoms with Gasteiger partial charge < -0.3 is 30.3 Å². The number of nitrogens with one attached hydrogen (secondary N) is 2. The minimum absolute atomic E-state index is 0.00299. The molecule has 4 atom stereocenters. The number of carbonyl (C=O) groups excluding carboxylic acids is 2. The lowest BCUT2D eigenvalue weighted by molar-refractivity contribution is -0.150. The molecule has 4 unspecified atom stereocenters. The Morgan fingerprint density at radius 3 is 1.51 bits per heavy atom. The molecule has 0 aliphatic rings. The van der Waals surface area contributed by atoms with Gasteiger partial charge in [0.05, 0.1) is 17.9 Å². The fraction of sp³-hybridized carbons (Fsp3) is 0.552. The molecule has 0 amide bonds. The highest BCUT2D eigenvalue weighted by Gasteiger charge is 2.23. The van der Waals surface area contributed by atoms with Crippen molar-refractivity contribution in [2.45, 2.75) is 185 Å². The van der Waals surface area contributed by atoms with E-state index in [1.54, 1.807) is 26.0 Å². The first kappa shape index (κ1) is 61.5. The van der Waals surface area contributed by atoms with Crippen LogP contribution in [0.15, 0.2) is 66.4 Å². The minimum Gasteiger partial charge on any atom is -0.503 e. The van der Waals surface area contributed by atoms with Crippen molar-refractivity contribution in [3.8, 4) is 17.8 Å². The smallest absolute Gasteiger partial charge is 0.306 e. The molecular formula is C58H80N10O8. The van der Waals surface area contributed by atoms with Gasteiger partial charge in [0.15, 0.2) is 11.6 Å². The van der Waals surface area contributed by atoms with Crippen molar-refractivity contribution in [1.29, 1.82) is 5.26 Å². The monoisotopic (exact) mass is 1040 g/mol. The molecule has 18 heteroatoms. The first-order chi connectivity index (χ1) is 36.4. The molecule has 0 radical (unpaired) electrons. The van der Waals surface area contributed by atoms with Crippen LogP contribution in [0, 0.1) is 57.4 Å². The summed E-state index contributed by atoms with van der Waals surface area (Å²) in [6.45, 7) is 29.1. The third-order valence-corrected chi connectivity index (χ3v) is 13.8. The van der Waals surface area contributed by atoms with Gasteiger partial charge in [-0.05, 0) is 131 Å². The molecule has 4 N–H and O–H groups in total. The van der Waals surface area contributed by atoms with Gasteiger partial charge in [0, 0.05) is 57.7 Å². The van der Waals surface area contributed by atoms with Crippen LogP contribution in [-0.4, -0.2) is 56.6 Å². The minimum atomic E-state index is -0.484. The second-order valence-electron chi connectivity index (χ2n) is 19.9. The van der Waals surface area contributed by atoms with E-state index in [9.17, 15) is 34.7 Å². The molecule has 2 aromatic carbocycles. The Morgan fingerprint density at radius 2 is 1.12 bits per heavy atom. The predicted molar refractivity (Wildman–Crippen MR) is 295 cm³/mol. The van der Waals surface area contributed by atoms with Crippen LogP contribution in [0.25, 0.3) is 4.85 Å². The molecule has 4 rings (SSSR count). The lowest BCUT2D eigenvalue weighted by Gasteiger charge is -2.19. The molecule has 0 fully saturated rings. The molecule has 410 valence electrons. The summed E-state index contributed by atoms with van der Waals surface area (Å²) in [6.07, 6.45) is 8.09. The topological polar surface area (TPSA) is 239 Å². The Labute approximate surface area is 448 Å². The number of pyridine rings is 2. The van der Waals surface area contributed by atoms with E-state index in [1.165, 1.54) is 9.13 Å². The van der Waals surface area contributed by atoms with E-state index in [4.69, 9.17) is 16.0 Å². The summed E-state index contributed by atoms with van der Waals surface area (Å²) in [4.78, 5) is 55.8.